The molecule has 0 bridgehead atoms. The van der Waals surface area contributed by atoms with E-state index in [0.717, 1.165) is 81.4 Å². The summed E-state index contributed by atoms with van der Waals surface area (Å²) in [5.74, 6) is -0.599. The Morgan fingerprint density at radius 2 is 1.42 bits per heavy atom. The van der Waals surface area contributed by atoms with Crippen molar-refractivity contribution >= 4 is 46.3 Å². The Morgan fingerprint density at radius 1 is 0.742 bits per heavy atom. The molecule has 2 aromatic heterocycles. The molecule has 3 aliphatic heterocycles. The zero-order valence-electron chi connectivity index (χ0n) is 34.8. The monoisotopic (exact) mass is 828 g/mol. The summed E-state index contributed by atoms with van der Waals surface area (Å²) in [6.45, 7) is 1.21. The Hall–Kier alpha value is -7.08. The van der Waals surface area contributed by atoms with Crippen LogP contribution in [0.1, 0.15) is 72.4 Å². The first kappa shape index (κ1) is 40.3. The molecule has 314 valence electrons. The van der Waals surface area contributed by atoms with Crippen LogP contribution in [0, 0.1) is 0 Å². The number of hydrogen-bond donors (Lipinski definition) is 2. The molecule has 2 fully saturated rings. The highest BCUT2D eigenvalue weighted by Crippen LogP contribution is 2.38. The molecule has 4 atom stereocenters. The number of amides is 3. The van der Waals surface area contributed by atoms with E-state index in [2.05, 4.69) is 64.9 Å². The molecule has 12 nitrogen and oxygen atoms in total. The van der Waals surface area contributed by atoms with Crippen molar-refractivity contribution in [1.29, 1.82) is 0 Å². The molecular formula is C50H48N6O6. The van der Waals surface area contributed by atoms with Gasteiger partial charge in [-0.1, -0.05) is 97.1 Å². The van der Waals surface area contributed by atoms with Crippen LogP contribution in [0.25, 0.3) is 33.3 Å². The van der Waals surface area contributed by atoms with E-state index in [-0.39, 0.29) is 30.3 Å². The number of aromatic amines is 1. The predicted molar refractivity (Wildman–Crippen MR) is 237 cm³/mol. The fourth-order valence-electron chi connectivity index (χ4n) is 9.32. The minimum Gasteiger partial charge on any atom is -0.469 e. The van der Waals surface area contributed by atoms with E-state index in [4.69, 9.17) is 19.5 Å². The van der Waals surface area contributed by atoms with Gasteiger partial charge in [-0.2, -0.15) is 0 Å². The normalized spacial score (nSPS) is 17.9. The standard InChI is InChI=1S/C50H48N6O6/c1-61-45(57)29-39(32-11-5-3-6-12-32)48(58)56-24-10-16-44(56)42-28-37-25-38(30-51-47(37)53-42)31-17-19-33(20-18-31)40-26-35-21-22-36(27-41(35)52-40)43-15-9-23-55(43)49(59)46(54-50(60)62-2)34-13-7-4-8-14-34/h3-8,11-14,17-22,25-27,30,39,43-44,46,52H,9-10,15-16,23-24,28-29H2,1-2H3,(H,54,60)/t39-,43?,44+,46-/m1/s1. The third-order valence-corrected chi connectivity index (χ3v) is 12.5. The van der Waals surface area contributed by atoms with Crippen molar-refractivity contribution in [2.24, 2.45) is 4.99 Å². The number of alkyl carbamates (subject to hydrolysis) is 1. The molecule has 0 saturated carbocycles. The number of aromatic nitrogens is 2. The SMILES string of the molecule is COC(=O)C[C@@H](C(=O)N1CCC[C@H]1C1=Nc2ncc(-c3ccc(-c4cc5ccc(C6CCCN6C(=O)[C@H](NC(=O)OC)c6ccccc6)cc5[nH]4)cc3)cc2C1)c1ccccc1. The van der Waals surface area contributed by atoms with Gasteiger partial charge in [0.25, 0.3) is 0 Å². The average molecular weight is 829 g/mol. The number of nitrogens with one attached hydrogen (secondary N) is 2. The van der Waals surface area contributed by atoms with E-state index in [9.17, 15) is 19.2 Å². The van der Waals surface area contributed by atoms with Crippen LogP contribution >= 0.6 is 0 Å². The Morgan fingerprint density at radius 3 is 2.13 bits per heavy atom. The van der Waals surface area contributed by atoms with Gasteiger partial charge in [-0.15, -0.1) is 0 Å². The summed E-state index contributed by atoms with van der Waals surface area (Å²) in [4.78, 5) is 69.9. The van der Waals surface area contributed by atoms with E-state index in [1.54, 1.807) is 0 Å². The maximum atomic E-state index is 14.1. The van der Waals surface area contributed by atoms with Gasteiger partial charge in [0.1, 0.15) is 6.04 Å². The molecule has 1 unspecified atom stereocenters. The molecule has 3 amide bonds. The maximum absolute atomic E-state index is 14.1. The molecule has 4 aromatic carbocycles. The summed E-state index contributed by atoms with van der Waals surface area (Å²) in [6, 6.07) is 36.6. The highest BCUT2D eigenvalue weighted by atomic mass is 16.5. The molecule has 62 heavy (non-hydrogen) atoms. The van der Waals surface area contributed by atoms with Crippen molar-refractivity contribution in [2.75, 3.05) is 27.3 Å². The summed E-state index contributed by atoms with van der Waals surface area (Å²) < 4.78 is 9.82. The number of rotatable bonds is 11. The van der Waals surface area contributed by atoms with Gasteiger partial charge in [0.15, 0.2) is 5.82 Å². The number of carbonyl (C=O) groups is 4. The highest BCUT2D eigenvalue weighted by molar-refractivity contribution is 6.01. The second kappa shape index (κ2) is 17.5. The van der Waals surface area contributed by atoms with Gasteiger partial charge >= 0.3 is 12.1 Å². The van der Waals surface area contributed by atoms with Gasteiger partial charge in [0.2, 0.25) is 11.8 Å². The lowest BCUT2D eigenvalue weighted by Gasteiger charge is -2.29. The van der Waals surface area contributed by atoms with Crippen LogP contribution in [0.4, 0.5) is 10.6 Å². The Balaban J connectivity index is 0.883. The van der Waals surface area contributed by atoms with Gasteiger partial charge < -0.3 is 29.6 Å². The number of likely N-dealkylation sites (tertiary alicyclic amines) is 2. The van der Waals surface area contributed by atoms with Gasteiger partial charge in [-0.25, -0.2) is 14.8 Å². The summed E-state index contributed by atoms with van der Waals surface area (Å²) in [7, 11) is 2.64. The predicted octanol–water partition coefficient (Wildman–Crippen LogP) is 8.62. The van der Waals surface area contributed by atoms with Crippen LogP contribution in [0.3, 0.4) is 0 Å². The summed E-state index contributed by atoms with van der Waals surface area (Å²) in [5.41, 5.74) is 9.51. The first-order chi connectivity index (χ1) is 30.3. The highest BCUT2D eigenvalue weighted by Gasteiger charge is 2.39. The topological polar surface area (TPSA) is 146 Å². The van der Waals surface area contributed by atoms with Crippen molar-refractivity contribution < 1.29 is 28.7 Å². The van der Waals surface area contributed by atoms with E-state index in [0.29, 0.717) is 30.9 Å². The summed E-state index contributed by atoms with van der Waals surface area (Å²) in [6.07, 6.45) is 5.15. The van der Waals surface area contributed by atoms with Gasteiger partial charge in [-0.3, -0.25) is 14.4 Å². The first-order valence-corrected chi connectivity index (χ1v) is 21.2. The minimum absolute atomic E-state index is 0.0149. The molecule has 0 spiro atoms. The number of pyridine rings is 1. The Kier molecular flexibility index (Phi) is 11.4. The van der Waals surface area contributed by atoms with E-state index < -0.39 is 24.0 Å². The zero-order valence-corrected chi connectivity index (χ0v) is 34.8. The number of nitrogens with zero attached hydrogens (tertiary/aromatic N) is 4. The van der Waals surface area contributed by atoms with Gasteiger partial charge in [0.05, 0.1) is 38.6 Å². The smallest absolute Gasteiger partial charge is 0.407 e. The van der Waals surface area contributed by atoms with Crippen LogP contribution in [-0.4, -0.2) is 82.7 Å². The number of methoxy groups -OCH3 is 2. The third kappa shape index (κ3) is 8.07. The molecule has 0 aliphatic carbocycles. The maximum Gasteiger partial charge on any atom is 0.407 e. The van der Waals surface area contributed by atoms with E-state index in [1.165, 1.54) is 14.2 Å². The number of ether oxygens (including phenoxy) is 2. The number of fused-ring (bicyclic) bond motifs is 2. The fraction of sp³-hybridized carbons (Fsp3) is 0.280. The van der Waals surface area contributed by atoms with Crippen molar-refractivity contribution in [1.82, 2.24) is 25.1 Å². The van der Waals surface area contributed by atoms with E-state index >= 15 is 0 Å². The molecule has 3 aliphatic rings. The number of esters is 1. The van der Waals surface area contributed by atoms with Crippen LogP contribution in [0.5, 0.6) is 0 Å². The minimum atomic E-state index is -0.855. The second-order valence-electron chi connectivity index (χ2n) is 16.2. The van der Waals surface area contributed by atoms with E-state index in [1.807, 2.05) is 76.7 Å². The number of benzene rings is 4. The van der Waals surface area contributed by atoms with Crippen LogP contribution in [0.2, 0.25) is 0 Å². The van der Waals surface area contributed by atoms with Gasteiger partial charge in [-0.05, 0) is 71.7 Å². The van der Waals surface area contributed by atoms with Crippen LogP contribution in [-0.2, 0) is 30.3 Å². The zero-order chi connectivity index (χ0) is 42.7. The molecular weight excluding hydrogens is 781 g/mol. The Labute approximate surface area is 360 Å². The Bertz CT molecular complexity index is 2660. The second-order valence-corrected chi connectivity index (χ2v) is 16.2. The number of carbonyl (C=O) groups excluding carboxylic acids is 4. The quantitative estimate of drug-likeness (QED) is 0.124. The van der Waals surface area contributed by atoms with Crippen molar-refractivity contribution in [3.63, 3.8) is 0 Å². The molecule has 12 heteroatoms. The number of hydrogen-bond acceptors (Lipinski definition) is 8. The summed E-state index contributed by atoms with van der Waals surface area (Å²) in [5, 5.41) is 3.82. The van der Waals surface area contributed by atoms with Crippen molar-refractivity contribution in [3.05, 3.63) is 144 Å². The average Bonchev–Trinajstić information content (AvgIpc) is 4.16. The number of H-pyrrole nitrogens is 1. The summed E-state index contributed by atoms with van der Waals surface area (Å²) >= 11 is 0. The molecule has 2 N–H and O–H groups in total. The molecule has 0 radical (unpaired) electrons. The van der Waals surface area contributed by atoms with Crippen LogP contribution < -0.4 is 5.32 Å². The van der Waals surface area contributed by atoms with Crippen molar-refractivity contribution in [3.8, 4) is 22.4 Å². The lowest BCUT2D eigenvalue weighted by atomic mass is 9.93. The molecule has 2 saturated heterocycles. The lowest BCUT2D eigenvalue weighted by molar-refractivity contribution is -0.144. The first-order valence-electron chi connectivity index (χ1n) is 21.2. The third-order valence-electron chi connectivity index (χ3n) is 12.5. The molecule has 6 aromatic rings. The molecule has 5 heterocycles. The molecule has 9 rings (SSSR count). The van der Waals surface area contributed by atoms with Crippen molar-refractivity contribution in [2.45, 2.75) is 62.6 Å². The lowest BCUT2D eigenvalue weighted by Crippen LogP contribution is -2.43. The largest absolute Gasteiger partial charge is 0.469 e. The van der Waals surface area contributed by atoms with Crippen LogP contribution in [0.15, 0.2) is 126 Å². The van der Waals surface area contributed by atoms with Gasteiger partial charge in [0, 0.05) is 59.1 Å². The number of aliphatic imine (C=N–C) groups is 1. The fourth-order valence-corrected chi connectivity index (χ4v) is 9.32.